The first-order chi connectivity index (χ1) is 17.7. The summed E-state index contributed by atoms with van der Waals surface area (Å²) in [4.78, 5) is 13.2. The molecule has 3 aliphatic rings. The molecule has 8 heteroatoms. The Morgan fingerprint density at radius 1 is 1.06 bits per heavy atom. The molecule has 0 amide bonds. The third-order valence-electron chi connectivity index (χ3n) is 8.55. The summed E-state index contributed by atoms with van der Waals surface area (Å²) < 4.78 is 17.1. The van der Waals surface area contributed by atoms with Crippen LogP contribution in [0, 0.1) is 0 Å². The molecule has 1 aliphatic carbocycles. The molecule has 0 unspecified atom stereocenters. The lowest BCUT2D eigenvalue weighted by molar-refractivity contribution is -0.0198. The van der Waals surface area contributed by atoms with E-state index in [9.17, 15) is 0 Å². The fourth-order valence-corrected chi connectivity index (χ4v) is 6.58. The zero-order chi connectivity index (χ0) is 24.1. The number of rotatable bonds is 6. The molecular formula is C28H32N6O2. The van der Waals surface area contributed by atoms with E-state index in [1.807, 2.05) is 18.6 Å². The summed E-state index contributed by atoms with van der Waals surface area (Å²) >= 11 is 0. The van der Waals surface area contributed by atoms with Gasteiger partial charge in [0.25, 0.3) is 0 Å². The van der Waals surface area contributed by atoms with Gasteiger partial charge in [-0.05, 0) is 69.1 Å². The zero-order valence-electron chi connectivity index (χ0n) is 20.4. The highest BCUT2D eigenvalue weighted by Gasteiger charge is 2.46. The van der Waals surface area contributed by atoms with Crippen LogP contribution in [-0.4, -0.2) is 42.4 Å². The summed E-state index contributed by atoms with van der Waals surface area (Å²) in [5.74, 6) is 1.38. The highest BCUT2D eigenvalue weighted by Crippen LogP contribution is 2.44. The van der Waals surface area contributed by atoms with Crippen LogP contribution >= 0.6 is 0 Å². The van der Waals surface area contributed by atoms with Crippen molar-refractivity contribution in [1.29, 1.82) is 0 Å². The molecule has 8 nitrogen and oxygen atoms in total. The van der Waals surface area contributed by atoms with Crippen LogP contribution < -0.4 is 10.5 Å². The highest BCUT2D eigenvalue weighted by molar-refractivity contribution is 6.00. The number of hydrogen-bond acceptors (Lipinski definition) is 6. The first-order valence-electron chi connectivity index (χ1n) is 13.2. The Morgan fingerprint density at radius 3 is 2.64 bits per heavy atom. The molecule has 0 atom stereocenters. The van der Waals surface area contributed by atoms with E-state index >= 15 is 0 Å². The van der Waals surface area contributed by atoms with Gasteiger partial charge in [0.1, 0.15) is 35.7 Å². The Kier molecular flexibility index (Phi) is 5.23. The number of imidazole rings is 1. The van der Waals surface area contributed by atoms with Gasteiger partial charge in [0.05, 0.1) is 17.8 Å². The van der Waals surface area contributed by atoms with Crippen molar-refractivity contribution in [3.8, 4) is 16.9 Å². The maximum Gasteiger partial charge on any atom is 0.146 e. The van der Waals surface area contributed by atoms with E-state index < -0.39 is 0 Å². The van der Waals surface area contributed by atoms with Crippen LogP contribution in [0.2, 0.25) is 0 Å². The fraction of sp³-hybridized carbons (Fsp3) is 0.464. The predicted octanol–water partition coefficient (Wildman–Crippen LogP) is 5.32. The van der Waals surface area contributed by atoms with Crippen molar-refractivity contribution in [2.75, 3.05) is 12.3 Å². The monoisotopic (exact) mass is 484 g/mol. The second-order valence-electron chi connectivity index (χ2n) is 10.7. The predicted molar refractivity (Wildman–Crippen MR) is 138 cm³/mol. The Morgan fingerprint density at radius 2 is 1.89 bits per heavy atom. The van der Waals surface area contributed by atoms with E-state index in [1.54, 1.807) is 6.33 Å². The second kappa shape index (κ2) is 8.62. The minimum absolute atomic E-state index is 0.0927. The maximum atomic E-state index is 6.42. The van der Waals surface area contributed by atoms with Crippen LogP contribution in [0.4, 0.5) is 5.82 Å². The van der Waals surface area contributed by atoms with Gasteiger partial charge < -0.3 is 24.3 Å². The number of nitrogen functional groups attached to an aromatic ring is 1. The van der Waals surface area contributed by atoms with Crippen molar-refractivity contribution in [2.24, 2.45) is 0 Å². The van der Waals surface area contributed by atoms with Gasteiger partial charge in [-0.3, -0.25) is 0 Å². The highest BCUT2D eigenvalue weighted by atomic mass is 16.6. The summed E-state index contributed by atoms with van der Waals surface area (Å²) in [5.41, 5.74) is 9.36. The number of hydrogen-bond donors (Lipinski definition) is 1. The normalized spacial score (nSPS) is 27.6. The Bertz CT molecular complexity index is 1360. The van der Waals surface area contributed by atoms with Crippen LogP contribution in [-0.2, 0) is 4.74 Å². The standard InChI is InChI=1S/C28H32N6O2/c29-26-25-24(19-2-1-3-23(14-19)35-16-28-10-8-22(36-28)9-11-28)15-34(27(25)32-17-31-26)21-6-4-20(5-7-21)33-13-12-30-18-33/h1-3,12-15,17-18,20-22H,4-11,16H2,(H2,29,31,32)/t20-,21-,22?,28?. The van der Waals surface area contributed by atoms with Gasteiger partial charge in [0.2, 0.25) is 0 Å². The van der Waals surface area contributed by atoms with Crippen LogP contribution in [0.15, 0.2) is 55.5 Å². The van der Waals surface area contributed by atoms with Gasteiger partial charge in [0.15, 0.2) is 0 Å². The molecule has 2 bridgehead atoms. The van der Waals surface area contributed by atoms with Crippen molar-refractivity contribution in [3.63, 3.8) is 0 Å². The van der Waals surface area contributed by atoms with E-state index in [1.165, 1.54) is 0 Å². The third-order valence-corrected chi connectivity index (χ3v) is 8.55. The van der Waals surface area contributed by atoms with Crippen molar-refractivity contribution in [3.05, 3.63) is 55.5 Å². The zero-order valence-corrected chi connectivity index (χ0v) is 20.4. The molecule has 3 aromatic heterocycles. The average Bonchev–Trinajstić information content (AvgIpc) is 3.72. The molecular weight excluding hydrogens is 452 g/mol. The summed E-state index contributed by atoms with van der Waals surface area (Å²) in [6, 6.07) is 9.19. The van der Waals surface area contributed by atoms with Crippen molar-refractivity contribution >= 4 is 16.9 Å². The Labute approximate surface area is 210 Å². The van der Waals surface area contributed by atoms with Gasteiger partial charge in [-0.15, -0.1) is 0 Å². The van der Waals surface area contributed by atoms with Gasteiger partial charge in [-0.25, -0.2) is 15.0 Å². The lowest BCUT2D eigenvalue weighted by Gasteiger charge is -2.30. The molecule has 1 aromatic carbocycles. The summed E-state index contributed by atoms with van der Waals surface area (Å²) in [5, 5.41) is 0.919. The lowest BCUT2D eigenvalue weighted by atomic mass is 9.89. The van der Waals surface area contributed by atoms with Crippen molar-refractivity contribution in [2.45, 2.75) is 75.2 Å². The molecule has 186 valence electrons. The topological polar surface area (TPSA) is 93.0 Å². The lowest BCUT2D eigenvalue weighted by Crippen LogP contribution is -2.32. The first kappa shape index (κ1) is 21.9. The number of nitrogens with two attached hydrogens (primary N) is 1. The minimum atomic E-state index is -0.0927. The molecule has 36 heavy (non-hydrogen) atoms. The van der Waals surface area contributed by atoms with E-state index in [2.05, 4.69) is 54.7 Å². The second-order valence-corrected chi connectivity index (χ2v) is 10.7. The van der Waals surface area contributed by atoms with Crippen molar-refractivity contribution < 1.29 is 9.47 Å². The summed E-state index contributed by atoms with van der Waals surface area (Å²) in [7, 11) is 0. The van der Waals surface area contributed by atoms with Gasteiger partial charge >= 0.3 is 0 Å². The molecule has 0 radical (unpaired) electrons. The third kappa shape index (κ3) is 3.75. The van der Waals surface area contributed by atoms with Crippen molar-refractivity contribution in [1.82, 2.24) is 24.1 Å². The number of benzene rings is 1. The fourth-order valence-electron chi connectivity index (χ4n) is 6.58. The molecule has 7 rings (SSSR count). The van der Waals surface area contributed by atoms with Crippen LogP contribution in [0.5, 0.6) is 5.75 Å². The minimum Gasteiger partial charge on any atom is -0.491 e. The van der Waals surface area contributed by atoms with Crippen LogP contribution in [0.3, 0.4) is 0 Å². The van der Waals surface area contributed by atoms with Gasteiger partial charge in [-0.1, -0.05) is 12.1 Å². The number of anilines is 1. The molecule has 2 N–H and O–H groups in total. The number of ether oxygens (including phenoxy) is 2. The molecule has 2 aliphatic heterocycles. The van der Waals surface area contributed by atoms with Gasteiger partial charge in [0, 0.05) is 36.2 Å². The first-order valence-corrected chi connectivity index (χ1v) is 13.2. The number of aromatic nitrogens is 5. The van der Waals surface area contributed by atoms with E-state index in [4.69, 9.17) is 15.2 Å². The molecule has 0 spiro atoms. The molecule has 1 saturated carbocycles. The Hall–Kier alpha value is -3.39. The smallest absolute Gasteiger partial charge is 0.146 e. The SMILES string of the molecule is Nc1ncnc2c1c(-c1cccc(OCC34CCC(CC3)O4)c1)cn2[C@H]1CC[C@H](n2ccnc2)CC1. The average molecular weight is 485 g/mol. The van der Waals surface area contributed by atoms with E-state index in [0.29, 0.717) is 30.6 Å². The quantitative estimate of drug-likeness (QED) is 0.398. The molecule has 2 saturated heterocycles. The maximum absolute atomic E-state index is 6.42. The van der Waals surface area contributed by atoms with Gasteiger partial charge in [-0.2, -0.15) is 0 Å². The van der Waals surface area contributed by atoms with Crippen LogP contribution in [0.25, 0.3) is 22.2 Å². The van der Waals surface area contributed by atoms with E-state index in [0.717, 1.165) is 79.3 Å². The Balaban J connectivity index is 1.17. The summed E-state index contributed by atoms with van der Waals surface area (Å²) in [6.45, 7) is 0.611. The molecule has 5 heterocycles. The summed E-state index contributed by atoms with van der Waals surface area (Å²) in [6.07, 6.45) is 19.0. The van der Waals surface area contributed by atoms with E-state index in [-0.39, 0.29) is 5.60 Å². The van der Waals surface area contributed by atoms with Crippen LogP contribution in [0.1, 0.15) is 63.5 Å². The number of nitrogens with zero attached hydrogens (tertiary/aromatic N) is 5. The largest absolute Gasteiger partial charge is 0.491 e. The molecule has 3 fully saturated rings. The molecule has 4 aromatic rings. The number of fused-ring (bicyclic) bond motifs is 3.